The molecule has 3 aromatic rings. The minimum absolute atomic E-state index is 0.000739. The summed E-state index contributed by atoms with van der Waals surface area (Å²) in [6.45, 7) is 2.21. The summed E-state index contributed by atoms with van der Waals surface area (Å²) in [5.74, 6) is 1.52. The second-order valence-electron chi connectivity index (χ2n) is 8.06. The summed E-state index contributed by atoms with van der Waals surface area (Å²) >= 11 is 0. The van der Waals surface area contributed by atoms with Gasteiger partial charge in [0.2, 0.25) is 6.79 Å². The number of sulfone groups is 1. The van der Waals surface area contributed by atoms with Crippen molar-refractivity contribution in [2.45, 2.75) is 22.6 Å². The molecule has 1 saturated heterocycles. The molecule has 3 aliphatic heterocycles. The van der Waals surface area contributed by atoms with Gasteiger partial charge in [-0.15, -0.1) is 0 Å². The van der Waals surface area contributed by atoms with E-state index in [1.54, 1.807) is 18.5 Å². The fourth-order valence-electron chi connectivity index (χ4n) is 4.88. The van der Waals surface area contributed by atoms with E-state index in [0.717, 1.165) is 40.3 Å². The van der Waals surface area contributed by atoms with Crippen LogP contribution in [0.25, 0.3) is 11.1 Å². The molecule has 0 spiro atoms. The summed E-state index contributed by atoms with van der Waals surface area (Å²) in [4.78, 5) is 6.80. The molecule has 0 saturated carbocycles. The van der Waals surface area contributed by atoms with Crippen molar-refractivity contribution in [3.63, 3.8) is 0 Å². The molecule has 30 heavy (non-hydrogen) atoms. The van der Waals surface area contributed by atoms with Crippen LogP contribution >= 0.6 is 0 Å². The Balaban J connectivity index is 1.30. The van der Waals surface area contributed by atoms with Gasteiger partial charge in [0.15, 0.2) is 21.3 Å². The third-order valence-electron chi connectivity index (χ3n) is 6.31. The number of fused-ring (bicyclic) bond motifs is 4. The molecule has 0 unspecified atom stereocenters. The second kappa shape index (κ2) is 6.55. The highest BCUT2D eigenvalue weighted by Crippen LogP contribution is 2.46. The fourth-order valence-corrected chi connectivity index (χ4v) is 7.07. The average Bonchev–Trinajstić information content (AvgIpc) is 3.45. The third-order valence-corrected chi connectivity index (χ3v) is 8.57. The summed E-state index contributed by atoms with van der Waals surface area (Å²) in [5.41, 5.74) is 4.12. The Kier molecular flexibility index (Phi) is 3.91. The number of hydrogen-bond donors (Lipinski definition) is 0. The maximum Gasteiger partial charge on any atom is 0.231 e. The van der Waals surface area contributed by atoms with Gasteiger partial charge < -0.3 is 9.47 Å². The average molecular weight is 420 g/mol. The van der Waals surface area contributed by atoms with Crippen molar-refractivity contribution in [3.05, 3.63) is 72.1 Å². The summed E-state index contributed by atoms with van der Waals surface area (Å²) in [6, 6.07) is 15.6. The SMILES string of the molecule is O=S1(=O)c2ccc(-c3ccncc3)cc2[C@H]2CN(Cc3ccc4c(c3)OCO4)C[C@@H]21. The van der Waals surface area contributed by atoms with Gasteiger partial charge in [0.05, 0.1) is 10.1 Å². The Morgan fingerprint density at radius 3 is 2.63 bits per heavy atom. The van der Waals surface area contributed by atoms with Crippen LogP contribution in [0, 0.1) is 0 Å². The largest absolute Gasteiger partial charge is 0.454 e. The first kappa shape index (κ1) is 17.9. The zero-order valence-corrected chi connectivity index (χ0v) is 17.0. The summed E-state index contributed by atoms with van der Waals surface area (Å²) < 4.78 is 37.2. The number of pyridine rings is 1. The van der Waals surface area contributed by atoms with E-state index in [2.05, 4.69) is 16.0 Å². The van der Waals surface area contributed by atoms with Gasteiger partial charge in [-0.3, -0.25) is 9.88 Å². The Morgan fingerprint density at radius 1 is 0.933 bits per heavy atom. The molecule has 6 rings (SSSR count). The molecular formula is C23H20N2O4S. The topological polar surface area (TPSA) is 68.7 Å². The van der Waals surface area contributed by atoms with E-state index in [9.17, 15) is 8.42 Å². The van der Waals surface area contributed by atoms with Crippen molar-refractivity contribution in [1.82, 2.24) is 9.88 Å². The Morgan fingerprint density at radius 2 is 1.77 bits per heavy atom. The minimum atomic E-state index is -3.32. The van der Waals surface area contributed by atoms with Gasteiger partial charge in [-0.2, -0.15) is 0 Å². The van der Waals surface area contributed by atoms with E-state index >= 15 is 0 Å². The maximum absolute atomic E-state index is 13.2. The van der Waals surface area contributed by atoms with E-state index in [0.29, 0.717) is 18.0 Å². The highest BCUT2D eigenvalue weighted by Gasteiger charge is 2.50. The minimum Gasteiger partial charge on any atom is -0.454 e. The lowest BCUT2D eigenvalue weighted by atomic mass is 9.95. The number of aromatic nitrogens is 1. The van der Waals surface area contributed by atoms with Gasteiger partial charge in [0, 0.05) is 37.9 Å². The van der Waals surface area contributed by atoms with Gasteiger partial charge in [0.25, 0.3) is 0 Å². The van der Waals surface area contributed by atoms with Crippen LogP contribution in [-0.4, -0.2) is 43.4 Å². The molecule has 0 amide bonds. The van der Waals surface area contributed by atoms with Crippen molar-refractivity contribution in [2.75, 3.05) is 19.9 Å². The summed E-state index contributed by atoms with van der Waals surface area (Å²) in [6.07, 6.45) is 3.51. The Hall–Kier alpha value is -2.90. The fraction of sp³-hybridized carbons (Fsp3) is 0.261. The molecular weight excluding hydrogens is 400 g/mol. The van der Waals surface area contributed by atoms with Crippen LogP contribution in [0.5, 0.6) is 11.5 Å². The highest BCUT2D eigenvalue weighted by atomic mass is 32.2. The van der Waals surface area contributed by atoms with Crippen molar-refractivity contribution in [1.29, 1.82) is 0 Å². The van der Waals surface area contributed by atoms with E-state index in [1.807, 2.05) is 36.4 Å². The monoisotopic (exact) mass is 420 g/mol. The first-order chi connectivity index (χ1) is 14.6. The van der Waals surface area contributed by atoms with Crippen molar-refractivity contribution < 1.29 is 17.9 Å². The zero-order chi connectivity index (χ0) is 20.3. The number of hydrogen-bond acceptors (Lipinski definition) is 6. The van der Waals surface area contributed by atoms with Crippen LogP contribution in [0.15, 0.2) is 65.8 Å². The zero-order valence-electron chi connectivity index (χ0n) is 16.2. The standard InChI is InChI=1S/C23H20N2O4S/c26-30(27)22-4-2-17(16-5-7-24-8-6-16)10-18(22)19-12-25(13-23(19)30)11-15-1-3-20-21(9-15)29-14-28-20/h1-10,19,23H,11-14H2/t19-,23+/m1/s1. The molecule has 3 aliphatic rings. The van der Waals surface area contributed by atoms with Gasteiger partial charge in [-0.25, -0.2) is 8.42 Å². The second-order valence-corrected chi connectivity index (χ2v) is 10.2. The van der Waals surface area contributed by atoms with Crippen LogP contribution in [0.2, 0.25) is 0 Å². The first-order valence-electron chi connectivity index (χ1n) is 9.99. The first-order valence-corrected chi connectivity index (χ1v) is 11.5. The Bertz CT molecular complexity index is 1240. The number of nitrogens with zero attached hydrogens (tertiary/aromatic N) is 2. The van der Waals surface area contributed by atoms with E-state index < -0.39 is 9.84 Å². The molecule has 0 radical (unpaired) electrons. The third kappa shape index (κ3) is 2.73. The molecule has 0 aliphatic carbocycles. The lowest BCUT2D eigenvalue weighted by molar-refractivity contribution is 0.174. The number of benzene rings is 2. The van der Waals surface area contributed by atoms with E-state index in [-0.39, 0.29) is 18.0 Å². The van der Waals surface area contributed by atoms with Crippen LogP contribution in [-0.2, 0) is 16.4 Å². The molecule has 0 N–H and O–H groups in total. The van der Waals surface area contributed by atoms with Crippen molar-refractivity contribution in [2.24, 2.45) is 0 Å². The quantitative estimate of drug-likeness (QED) is 0.648. The van der Waals surface area contributed by atoms with Crippen molar-refractivity contribution in [3.8, 4) is 22.6 Å². The molecule has 0 bridgehead atoms. The Labute approximate surface area is 175 Å². The molecule has 6 nitrogen and oxygen atoms in total. The van der Waals surface area contributed by atoms with Crippen molar-refractivity contribution >= 4 is 9.84 Å². The lowest BCUT2D eigenvalue weighted by Gasteiger charge is -2.18. The predicted molar refractivity (Wildman–Crippen MR) is 111 cm³/mol. The molecule has 1 aromatic heterocycles. The van der Waals surface area contributed by atoms with Gasteiger partial charge >= 0.3 is 0 Å². The summed E-state index contributed by atoms with van der Waals surface area (Å²) in [5, 5.41) is -0.380. The van der Waals surface area contributed by atoms with Gasteiger partial charge in [-0.05, 0) is 58.7 Å². The lowest BCUT2D eigenvalue weighted by Crippen LogP contribution is -2.25. The van der Waals surface area contributed by atoms with Crippen LogP contribution < -0.4 is 9.47 Å². The van der Waals surface area contributed by atoms with E-state index in [1.165, 1.54) is 0 Å². The predicted octanol–water partition coefficient (Wildman–Crippen LogP) is 3.23. The molecule has 4 heterocycles. The van der Waals surface area contributed by atoms with Crippen LogP contribution in [0.3, 0.4) is 0 Å². The molecule has 1 fully saturated rings. The number of ether oxygens (including phenoxy) is 2. The van der Waals surface area contributed by atoms with Gasteiger partial charge in [-0.1, -0.05) is 12.1 Å². The molecule has 152 valence electrons. The molecule has 2 atom stereocenters. The highest BCUT2D eigenvalue weighted by molar-refractivity contribution is 7.92. The van der Waals surface area contributed by atoms with Crippen LogP contribution in [0.4, 0.5) is 0 Å². The normalized spacial score (nSPS) is 23.3. The number of likely N-dealkylation sites (tertiary alicyclic amines) is 1. The molecule has 2 aromatic carbocycles. The van der Waals surface area contributed by atoms with Crippen LogP contribution in [0.1, 0.15) is 17.0 Å². The number of rotatable bonds is 3. The molecule has 7 heteroatoms. The van der Waals surface area contributed by atoms with E-state index in [4.69, 9.17) is 9.47 Å². The van der Waals surface area contributed by atoms with Gasteiger partial charge in [0.1, 0.15) is 0 Å². The smallest absolute Gasteiger partial charge is 0.231 e. The maximum atomic E-state index is 13.2. The summed E-state index contributed by atoms with van der Waals surface area (Å²) in [7, 11) is -3.32.